The molecule has 1 aromatic carbocycles. The summed E-state index contributed by atoms with van der Waals surface area (Å²) in [5.74, 6) is 0.749. The van der Waals surface area contributed by atoms with Crippen molar-refractivity contribution in [3.8, 4) is 11.3 Å². The first kappa shape index (κ1) is 20.0. The van der Waals surface area contributed by atoms with Crippen molar-refractivity contribution in [3.63, 3.8) is 0 Å². The van der Waals surface area contributed by atoms with Crippen molar-refractivity contribution in [2.75, 3.05) is 5.32 Å². The first-order valence-electron chi connectivity index (χ1n) is 8.58. The minimum Gasteiger partial charge on any atom is -0.451 e. The van der Waals surface area contributed by atoms with Crippen molar-refractivity contribution in [1.82, 2.24) is 25.5 Å². The summed E-state index contributed by atoms with van der Waals surface area (Å²) in [6, 6.07) is 8.82. The Labute approximate surface area is 172 Å². The molecule has 0 aliphatic heterocycles. The maximum absolute atomic E-state index is 12.3. The van der Waals surface area contributed by atoms with Gasteiger partial charge in [-0.25, -0.2) is 0 Å². The van der Waals surface area contributed by atoms with Gasteiger partial charge in [0.05, 0.1) is 6.54 Å². The Hall–Kier alpha value is -2.78. The number of aromatic nitrogens is 4. The van der Waals surface area contributed by atoms with Crippen LogP contribution in [0.2, 0.25) is 5.02 Å². The summed E-state index contributed by atoms with van der Waals surface area (Å²) in [7, 11) is 0. The number of tetrazole rings is 1. The van der Waals surface area contributed by atoms with Gasteiger partial charge in [0.1, 0.15) is 5.76 Å². The van der Waals surface area contributed by atoms with Crippen LogP contribution in [-0.4, -0.2) is 31.2 Å². The minimum absolute atomic E-state index is 0.0467. The standard InChI is InChI=1S/C18H19ClN6O2S/c1-10(2)9-25-23-17(22-24-25)21-18(28)20-16(26)15-7-6-14(27-15)12-5-4-11(3)13(19)8-12/h4-8,10H,9H2,1-3H3,(H2,20,21,23,26,28). The number of amides is 1. The number of aryl methyl sites for hydroxylation is 1. The lowest BCUT2D eigenvalue weighted by Crippen LogP contribution is -2.34. The Morgan fingerprint density at radius 1 is 1.32 bits per heavy atom. The Balaban J connectivity index is 1.61. The molecule has 28 heavy (non-hydrogen) atoms. The molecule has 2 aromatic heterocycles. The first-order chi connectivity index (χ1) is 13.3. The molecule has 0 spiro atoms. The lowest BCUT2D eigenvalue weighted by atomic mass is 10.1. The average molecular weight is 419 g/mol. The fraction of sp³-hybridized carbons (Fsp3) is 0.278. The molecule has 0 fully saturated rings. The molecule has 0 bridgehead atoms. The molecule has 146 valence electrons. The molecule has 0 atom stereocenters. The van der Waals surface area contributed by atoms with Crippen LogP contribution >= 0.6 is 23.8 Å². The van der Waals surface area contributed by atoms with E-state index in [0.717, 1.165) is 11.1 Å². The summed E-state index contributed by atoms with van der Waals surface area (Å²) in [5, 5.41) is 17.8. The number of anilines is 1. The second-order valence-corrected chi connectivity index (χ2v) is 7.41. The smallest absolute Gasteiger partial charge is 0.293 e. The van der Waals surface area contributed by atoms with Crippen LogP contribution in [0.15, 0.2) is 34.7 Å². The molecule has 0 aliphatic carbocycles. The third-order valence-electron chi connectivity index (χ3n) is 3.72. The lowest BCUT2D eigenvalue weighted by Gasteiger charge is -2.05. The molecule has 0 saturated heterocycles. The number of hydrogen-bond donors (Lipinski definition) is 2. The summed E-state index contributed by atoms with van der Waals surface area (Å²) in [4.78, 5) is 13.8. The van der Waals surface area contributed by atoms with E-state index >= 15 is 0 Å². The van der Waals surface area contributed by atoms with Crippen LogP contribution in [0.3, 0.4) is 0 Å². The van der Waals surface area contributed by atoms with Crippen LogP contribution in [0.5, 0.6) is 0 Å². The van der Waals surface area contributed by atoms with E-state index in [1.54, 1.807) is 18.2 Å². The van der Waals surface area contributed by atoms with Gasteiger partial charge in [0, 0.05) is 10.6 Å². The molecule has 0 unspecified atom stereocenters. The van der Waals surface area contributed by atoms with Gasteiger partial charge in [0.15, 0.2) is 10.9 Å². The number of carbonyl (C=O) groups excluding carboxylic acids is 1. The fourth-order valence-electron chi connectivity index (χ4n) is 2.36. The number of halogens is 1. The number of furan rings is 1. The highest BCUT2D eigenvalue weighted by atomic mass is 35.5. The Morgan fingerprint density at radius 2 is 2.11 bits per heavy atom. The third-order valence-corrected chi connectivity index (χ3v) is 4.33. The lowest BCUT2D eigenvalue weighted by molar-refractivity contribution is 0.0951. The van der Waals surface area contributed by atoms with Gasteiger partial charge in [-0.05, 0) is 54.0 Å². The highest BCUT2D eigenvalue weighted by molar-refractivity contribution is 7.80. The zero-order valence-corrected chi connectivity index (χ0v) is 17.1. The van der Waals surface area contributed by atoms with Crippen molar-refractivity contribution in [1.29, 1.82) is 0 Å². The highest BCUT2D eigenvalue weighted by Crippen LogP contribution is 2.26. The first-order valence-corrected chi connectivity index (χ1v) is 9.37. The number of carbonyl (C=O) groups is 1. The van der Waals surface area contributed by atoms with Crippen LogP contribution in [0, 0.1) is 12.8 Å². The van der Waals surface area contributed by atoms with E-state index in [1.807, 2.05) is 32.9 Å². The van der Waals surface area contributed by atoms with Crippen molar-refractivity contribution in [3.05, 3.63) is 46.7 Å². The summed E-state index contributed by atoms with van der Waals surface area (Å²) >= 11 is 11.3. The summed E-state index contributed by atoms with van der Waals surface area (Å²) < 4.78 is 5.62. The van der Waals surface area contributed by atoms with Crippen molar-refractivity contribution in [2.45, 2.75) is 27.3 Å². The van der Waals surface area contributed by atoms with Crippen LogP contribution in [0.4, 0.5) is 5.95 Å². The molecule has 8 nitrogen and oxygen atoms in total. The predicted octanol–water partition coefficient (Wildman–Crippen LogP) is 3.68. The maximum atomic E-state index is 12.3. The van der Waals surface area contributed by atoms with Crippen LogP contribution in [0.25, 0.3) is 11.3 Å². The quantitative estimate of drug-likeness (QED) is 0.610. The topological polar surface area (TPSA) is 97.9 Å². The van der Waals surface area contributed by atoms with E-state index in [4.69, 9.17) is 28.2 Å². The minimum atomic E-state index is -0.489. The van der Waals surface area contributed by atoms with Crippen molar-refractivity contribution < 1.29 is 9.21 Å². The molecule has 2 N–H and O–H groups in total. The average Bonchev–Trinajstić information content (AvgIpc) is 3.26. The molecule has 1 amide bonds. The van der Waals surface area contributed by atoms with E-state index in [1.165, 1.54) is 4.80 Å². The maximum Gasteiger partial charge on any atom is 0.293 e. The largest absolute Gasteiger partial charge is 0.451 e. The number of hydrogen-bond acceptors (Lipinski definition) is 6. The van der Waals surface area contributed by atoms with Gasteiger partial charge in [-0.15, -0.1) is 5.10 Å². The number of nitrogens with one attached hydrogen (secondary N) is 2. The molecule has 2 heterocycles. The highest BCUT2D eigenvalue weighted by Gasteiger charge is 2.15. The second-order valence-electron chi connectivity index (χ2n) is 6.60. The van der Waals surface area contributed by atoms with Crippen molar-refractivity contribution in [2.24, 2.45) is 5.92 Å². The van der Waals surface area contributed by atoms with Gasteiger partial charge >= 0.3 is 0 Å². The Kier molecular flexibility index (Phi) is 6.05. The molecule has 0 saturated carbocycles. The summed E-state index contributed by atoms with van der Waals surface area (Å²) in [6.45, 7) is 6.64. The monoisotopic (exact) mass is 418 g/mol. The third kappa shape index (κ3) is 4.93. The summed E-state index contributed by atoms with van der Waals surface area (Å²) in [6.07, 6.45) is 0. The molecular formula is C18H19ClN6O2S. The SMILES string of the molecule is Cc1ccc(-c2ccc(C(=O)NC(=S)Nc3nnn(CC(C)C)n3)o2)cc1Cl. The van der Waals surface area contributed by atoms with Gasteiger partial charge in [-0.2, -0.15) is 4.80 Å². The normalized spacial score (nSPS) is 10.9. The van der Waals surface area contributed by atoms with E-state index in [0.29, 0.717) is 23.2 Å². The second kappa shape index (κ2) is 8.49. The molecule has 3 aromatic rings. The van der Waals surface area contributed by atoms with Crippen LogP contribution < -0.4 is 10.6 Å². The van der Waals surface area contributed by atoms with Gasteiger partial charge in [-0.1, -0.05) is 42.7 Å². The summed E-state index contributed by atoms with van der Waals surface area (Å²) in [5.41, 5.74) is 1.74. The van der Waals surface area contributed by atoms with E-state index in [2.05, 4.69) is 26.0 Å². The van der Waals surface area contributed by atoms with Gasteiger partial charge in [-0.3, -0.25) is 15.4 Å². The van der Waals surface area contributed by atoms with Crippen LogP contribution in [-0.2, 0) is 6.54 Å². The van der Waals surface area contributed by atoms with Gasteiger partial charge in [0.2, 0.25) is 0 Å². The fourth-order valence-corrected chi connectivity index (χ4v) is 2.72. The Bertz CT molecular complexity index is 1010. The Morgan fingerprint density at radius 3 is 2.82 bits per heavy atom. The number of thiocarbonyl (C=S) groups is 1. The molecule has 3 rings (SSSR count). The van der Waals surface area contributed by atoms with Gasteiger partial charge in [0.25, 0.3) is 11.9 Å². The van der Waals surface area contributed by atoms with Gasteiger partial charge < -0.3 is 4.42 Å². The van der Waals surface area contributed by atoms with Crippen molar-refractivity contribution >= 4 is 40.8 Å². The zero-order valence-electron chi connectivity index (χ0n) is 15.6. The van der Waals surface area contributed by atoms with E-state index in [-0.39, 0.29) is 16.8 Å². The molecule has 0 radical (unpaired) electrons. The number of rotatable bonds is 5. The van der Waals surface area contributed by atoms with E-state index in [9.17, 15) is 4.79 Å². The predicted molar refractivity (Wildman–Crippen MR) is 110 cm³/mol. The molecular weight excluding hydrogens is 400 g/mol. The molecule has 0 aliphatic rings. The van der Waals surface area contributed by atoms with E-state index < -0.39 is 5.91 Å². The van der Waals surface area contributed by atoms with Crippen LogP contribution in [0.1, 0.15) is 30.0 Å². The number of benzene rings is 1. The molecule has 10 heteroatoms. The number of nitrogens with zero attached hydrogens (tertiary/aromatic N) is 4. The zero-order chi connectivity index (χ0) is 20.3.